The molecule has 1 N–H and O–H groups in total. The highest BCUT2D eigenvalue weighted by atomic mass is 79.9. The number of hydrogen-bond donors (Lipinski definition) is 1. The SMILES string of the molecule is CNCCc1cc(F)cc(Br)c1OC1CC1. The number of hydrogen-bond acceptors (Lipinski definition) is 2. The molecule has 1 aromatic rings. The second kappa shape index (κ2) is 5.15. The monoisotopic (exact) mass is 287 g/mol. The Bertz CT molecular complexity index is 380. The number of nitrogens with one attached hydrogen (secondary N) is 1. The van der Waals surface area contributed by atoms with Crippen molar-refractivity contribution in [3.63, 3.8) is 0 Å². The van der Waals surface area contributed by atoms with Crippen molar-refractivity contribution < 1.29 is 9.13 Å². The molecule has 2 rings (SSSR count). The molecule has 1 aliphatic rings. The van der Waals surface area contributed by atoms with Gasteiger partial charge in [0, 0.05) is 0 Å². The van der Waals surface area contributed by atoms with E-state index in [0.29, 0.717) is 10.6 Å². The standard InChI is InChI=1S/C12H15BrFNO/c1-15-5-4-8-6-9(14)7-11(13)12(8)16-10-2-3-10/h6-7,10,15H,2-5H2,1H3. The maximum Gasteiger partial charge on any atom is 0.137 e. The average Bonchev–Trinajstić information content (AvgIpc) is 3.03. The molecule has 0 amide bonds. The zero-order valence-corrected chi connectivity index (χ0v) is 10.8. The van der Waals surface area contributed by atoms with Crippen LogP contribution in [0.3, 0.4) is 0 Å². The predicted molar refractivity (Wildman–Crippen MR) is 65.4 cm³/mol. The second-order valence-corrected chi connectivity index (χ2v) is 4.90. The van der Waals surface area contributed by atoms with Gasteiger partial charge in [0.05, 0.1) is 10.6 Å². The van der Waals surface area contributed by atoms with Crippen LogP contribution in [0.5, 0.6) is 5.75 Å². The van der Waals surface area contributed by atoms with Gasteiger partial charge in [0.15, 0.2) is 0 Å². The zero-order valence-electron chi connectivity index (χ0n) is 9.22. The number of halogens is 2. The molecule has 1 saturated carbocycles. The van der Waals surface area contributed by atoms with Crippen molar-refractivity contribution in [3.05, 3.63) is 28.0 Å². The van der Waals surface area contributed by atoms with E-state index >= 15 is 0 Å². The Labute approximate surface area is 103 Å². The summed E-state index contributed by atoms with van der Waals surface area (Å²) in [5.41, 5.74) is 0.924. The van der Waals surface area contributed by atoms with Crippen LogP contribution in [0.1, 0.15) is 18.4 Å². The summed E-state index contributed by atoms with van der Waals surface area (Å²) in [5.74, 6) is 0.584. The third-order valence-electron chi connectivity index (χ3n) is 2.54. The van der Waals surface area contributed by atoms with Crippen LogP contribution in [0.2, 0.25) is 0 Å². The molecule has 4 heteroatoms. The highest BCUT2D eigenvalue weighted by Crippen LogP contribution is 2.35. The van der Waals surface area contributed by atoms with E-state index in [1.165, 1.54) is 6.07 Å². The minimum atomic E-state index is -0.221. The van der Waals surface area contributed by atoms with Crippen LogP contribution in [-0.4, -0.2) is 19.7 Å². The lowest BCUT2D eigenvalue weighted by molar-refractivity contribution is 0.297. The summed E-state index contributed by atoms with van der Waals surface area (Å²) in [6.45, 7) is 0.816. The van der Waals surface area contributed by atoms with E-state index in [1.807, 2.05) is 7.05 Å². The van der Waals surface area contributed by atoms with Crippen LogP contribution < -0.4 is 10.1 Å². The van der Waals surface area contributed by atoms with E-state index in [2.05, 4.69) is 21.2 Å². The Morgan fingerprint density at radius 2 is 2.25 bits per heavy atom. The molecule has 1 fully saturated rings. The van der Waals surface area contributed by atoms with Crippen LogP contribution in [0.15, 0.2) is 16.6 Å². The predicted octanol–water partition coefficient (Wildman–Crippen LogP) is 2.89. The lowest BCUT2D eigenvalue weighted by Crippen LogP contribution is -2.12. The highest BCUT2D eigenvalue weighted by molar-refractivity contribution is 9.10. The van der Waals surface area contributed by atoms with Gasteiger partial charge in [-0.2, -0.15) is 0 Å². The van der Waals surface area contributed by atoms with Crippen LogP contribution in [0.25, 0.3) is 0 Å². The fourth-order valence-electron chi connectivity index (χ4n) is 1.54. The maximum atomic E-state index is 13.3. The van der Waals surface area contributed by atoms with Gasteiger partial charge < -0.3 is 10.1 Å². The van der Waals surface area contributed by atoms with Gasteiger partial charge >= 0.3 is 0 Å². The van der Waals surface area contributed by atoms with Gasteiger partial charge in [0.1, 0.15) is 11.6 Å². The van der Waals surface area contributed by atoms with Crippen molar-refractivity contribution in [1.29, 1.82) is 0 Å². The topological polar surface area (TPSA) is 21.3 Å². The van der Waals surface area contributed by atoms with E-state index < -0.39 is 0 Å². The normalized spacial score (nSPS) is 15.2. The third-order valence-corrected chi connectivity index (χ3v) is 3.13. The quantitative estimate of drug-likeness (QED) is 0.899. The lowest BCUT2D eigenvalue weighted by atomic mass is 10.1. The Morgan fingerprint density at radius 3 is 2.88 bits per heavy atom. The van der Waals surface area contributed by atoms with Gasteiger partial charge in [-0.05, 0) is 66.5 Å². The number of likely N-dealkylation sites (N-methyl/N-ethyl adjacent to an activating group) is 1. The summed E-state index contributed by atoms with van der Waals surface area (Å²) in [4.78, 5) is 0. The Morgan fingerprint density at radius 1 is 1.50 bits per heavy atom. The molecule has 1 aromatic carbocycles. The Hall–Kier alpha value is -0.610. The molecule has 0 heterocycles. The summed E-state index contributed by atoms with van der Waals surface area (Å²) in [6.07, 6.45) is 3.31. The summed E-state index contributed by atoms with van der Waals surface area (Å²) in [5, 5.41) is 3.06. The largest absolute Gasteiger partial charge is 0.489 e. The first-order valence-corrected chi connectivity index (χ1v) is 6.29. The summed E-state index contributed by atoms with van der Waals surface area (Å²) >= 11 is 3.36. The second-order valence-electron chi connectivity index (χ2n) is 4.05. The first kappa shape index (κ1) is 11.9. The van der Waals surface area contributed by atoms with Gasteiger partial charge in [-0.1, -0.05) is 0 Å². The van der Waals surface area contributed by atoms with Gasteiger partial charge in [-0.25, -0.2) is 4.39 Å². The molecule has 0 bridgehead atoms. The number of ether oxygens (including phenoxy) is 1. The molecule has 1 aliphatic carbocycles. The number of rotatable bonds is 5. The van der Waals surface area contributed by atoms with Gasteiger partial charge in [-0.3, -0.25) is 0 Å². The van der Waals surface area contributed by atoms with Crippen LogP contribution in [0, 0.1) is 5.82 Å². The van der Waals surface area contributed by atoms with E-state index in [1.54, 1.807) is 6.07 Å². The minimum absolute atomic E-state index is 0.221. The average molecular weight is 288 g/mol. The smallest absolute Gasteiger partial charge is 0.137 e. The van der Waals surface area contributed by atoms with Crippen LogP contribution in [0.4, 0.5) is 4.39 Å². The molecule has 0 radical (unpaired) electrons. The van der Waals surface area contributed by atoms with Crippen molar-refractivity contribution in [2.45, 2.75) is 25.4 Å². The molecule has 0 saturated heterocycles. The molecule has 0 aliphatic heterocycles. The fourth-order valence-corrected chi connectivity index (χ4v) is 2.11. The fraction of sp³-hybridized carbons (Fsp3) is 0.500. The Balaban J connectivity index is 2.22. The van der Waals surface area contributed by atoms with Crippen molar-refractivity contribution in [1.82, 2.24) is 5.32 Å². The molecule has 2 nitrogen and oxygen atoms in total. The molecule has 16 heavy (non-hydrogen) atoms. The van der Waals surface area contributed by atoms with E-state index in [0.717, 1.165) is 37.1 Å². The highest BCUT2D eigenvalue weighted by Gasteiger charge is 2.25. The minimum Gasteiger partial charge on any atom is -0.489 e. The van der Waals surface area contributed by atoms with E-state index in [9.17, 15) is 4.39 Å². The molecule has 0 aromatic heterocycles. The van der Waals surface area contributed by atoms with Crippen LogP contribution in [-0.2, 0) is 6.42 Å². The summed E-state index contributed by atoms with van der Waals surface area (Å²) in [7, 11) is 1.88. The van der Waals surface area contributed by atoms with Gasteiger partial charge in [0.25, 0.3) is 0 Å². The first-order chi connectivity index (χ1) is 7.70. The third kappa shape index (κ3) is 2.95. The van der Waals surface area contributed by atoms with Gasteiger partial charge in [0.2, 0.25) is 0 Å². The Kier molecular flexibility index (Phi) is 3.82. The molecular weight excluding hydrogens is 273 g/mol. The summed E-state index contributed by atoms with van der Waals surface area (Å²) in [6, 6.07) is 3.01. The lowest BCUT2D eigenvalue weighted by Gasteiger charge is -2.13. The zero-order chi connectivity index (χ0) is 11.5. The van der Waals surface area contributed by atoms with Crippen molar-refractivity contribution in [2.24, 2.45) is 0 Å². The van der Waals surface area contributed by atoms with Crippen molar-refractivity contribution >= 4 is 15.9 Å². The van der Waals surface area contributed by atoms with E-state index in [-0.39, 0.29) is 5.82 Å². The molecule has 88 valence electrons. The number of benzene rings is 1. The molecule has 0 atom stereocenters. The van der Waals surface area contributed by atoms with Crippen molar-refractivity contribution in [2.75, 3.05) is 13.6 Å². The summed E-state index contributed by atoms with van der Waals surface area (Å²) < 4.78 is 19.8. The van der Waals surface area contributed by atoms with E-state index in [4.69, 9.17) is 4.74 Å². The molecular formula is C12H15BrFNO. The van der Waals surface area contributed by atoms with Gasteiger partial charge in [-0.15, -0.1) is 0 Å². The van der Waals surface area contributed by atoms with Crippen molar-refractivity contribution in [3.8, 4) is 5.75 Å². The first-order valence-electron chi connectivity index (χ1n) is 5.50. The molecule has 0 spiro atoms. The maximum absolute atomic E-state index is 13.3. The molecule has 0 unspecified atom stereocenters. The van der Waals surface area contributed by atoms with Crippen LogP contribution >= 0.6 is 15.9 Å².